The van der Waals surface area contributed by atoms with Gasteiger partial charge in [-0.15, -0.1) is 4.08 Å². The topological polar surface area (TPSA) is 217 Å². The highest BCUT2D eigenvalue weighted by molar-refractivity contribution is 7.94. The van der Waals surface area contributed by atoms with E-state index >= 15 is 16.8 Å². The van der Waals surface area contributed by atoms with Crippen molar-refractivity contribution in [1.82, 2.24) is 8.15 Å². The number of rotatable bonds is 25. The molecule has 1 fully saturated rings. The number of ether oxygens (including phenoxy) is 4. The van der Waals surface area contributed by atoms with E-state index in [1.165, 1.54) is 134 Å². The minimum absolute atomic E-state index is 0.0384. The van der Waals surface area contributed by atoms with Crippen molar-refractivity contribution in [3.05, 3.63) is 155 Å². The zero-order valence-corrected chi connectivity index (χ0v) is 46.9. The van der Waals surface area contributed by atoms with Crippen molar-refractivity contribution in [3.8, 4) is 46.0 Å². The van der Waals surface area contributed by atoms with E-state index in [2.05, 4.69) is 0 Å². The van der Waals surface area contributed by atoms with E-state index < -0.39 is 54.6 Å². The molecule has 1 aliphatic carbocycles. The summed E-state index contributed by atoms with van der Waals surface area (Å²) in [4.78, 5) is 47.3. The SMILES string of the molecule is COc1cc(C=O)ccc1OP(Oc1ccc(C=O)cc1OC)N(C1CCC(C(C)(C)N(P(Oc2ccc(C=O)cc2OC)Oc2ccc(C=O)cc2OC)S(=O)(=O)c2ccc(C)cc2)CC1)S(=O)(=O)c1ccc(C)cc1. The summed E-state index contributed by atoms with van der Waals surface area (Å²) >= 11 is 0. The average Bonchev–Trinajstić information content (AvgIpc) is 3.50. The maximum Gasteiger partial charge on any atom is 0.400 e. The fraction of sp³-hybridized carbons (Fsp3) is 0.273. The highest BCUT2D eigenvalue weighted by Crippen LogP contribution is 2.59. The molecule has 0 heterocycles. The van der Waals surface area contributed by atoms with Gasteiger partial charge in [-0.1, -0.05) is 39.5 Å². The van der Waals surface area contributed by atoms with Crippen LogP contribution in [0.15, 0.2) is 131 Å². The molecule has 0 aromatic heterocycles. The second-order valence-corrected chi connectivity index (χ2v) is 24.9. The van der Waals surface area contributed by atoms with Gasteiger partial charge in [0.2, 0.25) is 0 Å². The van der Waals surface area contributed by atoms with Gasteiger partial charge in [0, 0.05) is 33.8 Å². The number of hydrogen-bond acceptors (Lipinski definition) is 16. The van der Waals surface area contributed by atoms with E-state index in [9.17, 15) is 19.2 Å². The number of benzene rings is 6. The van der Waals surface area contributed by atoms with Crippen molar-refractivity contribution >= 4 is 62.2 Å². The van der Waals surface area contributed by atoms with Gasteiger partial charge >= 0.3 is 17.1 Å². The van der Waals surface area contributed by atoms with Gasteiger partial charge in [-0.2, -0.15) is 0 Å². The number of aryl methyl sites for hydroxylation is 2. The van der Waals surface area contributed by atoms with Gasteiger partial charge in [-0.05, 0) is 156 Å². The number of aldehydes is 4. The first-order valence-electron chi connectivity index (χ1n) is 23.9. The van der Waals surface area contributed by atoms with Gasteiger partial charge in [0.1, 0.15) is 25.1 Å². The van der Waals surface area contributed by atoms with E-state index in [0.29, 0.717) is 25.1 Å². The first kappa shape index (κ1) is 57.8. The molecule has 0 saturated heterocycles. The lowest BCUT2D eigenvalue weighted by atomic mass is 9.76. The van der Waals surface area contributed by atoms with E-state index in [1.807, 2.05) is 13.8 Å². The third-order valence-corrected chi connectivity index (χ3v) is 21.3. The summed E-state index contributed by atoms with van der Waals surface area (Å²) in [6, 6.07) is 29.3. The van der Waals surface area contributed by atoms with E-state index in [-0.39, 0.29) is 104 Å². The van der Waals surface area contributed by atoms with Gasteiger partial charge in [-0.3, -0.25) is 19.2 Å². The molecular weight excluding hydrogens is 1070 g/mol. The molecular formula is C55H58N2O16P2S2. The quantitative estimate of drug-likeness (QED) is 0.0384. The molecule has 6 aromatic rings. The Balaban J connectivity index is 1.36. The van der Waals surface area contributed by atoms with Gasteiger partial charge in [-0.25, -0.2) is 16.8 Å². The third kappa shape index (κ3) is 12.9. The molecule has 0 spiro atoms. The van der Waals surface area contributed by atoms with Crippen LogP contribution in [0.5, 0.6) is 46.0 Å². The van der Waals surface area contributed by atoms with Crippen molar-refractivity contribution in [1.29, 1.82) is 0 Å². The maximum atomic E-state index is 15.6. The Kier molecular flexibility index (Phi) is 18.8. The Morgan fingerprint density at radius 1 is 0.442 bits per heavy atom. The zero-order chi connectivity index (χ0) is 55.7. The Bertz CT molecular complexity index is 3190. The van der Waals surface area contributed by atoms with E-state index in [1.54, 1.807) is 38.1 Å². The molecule has 7 rings (SSSR count). The highest BCUT2D eigenvalue weighted by Gasteiger charge is 2.53. The zero-order valence-electron chi connectivity index (χ0n) is 43.5. The number of hydrogen-bond donors (Lipinski definition) is 0. The highest BCUT2D eigenvalue weighted by atomic mass is 32.2. The number of carbonyl (C=O) groups excluding carboxylic acids is 4. The molecule has 0 N–H and O–H groups in total. The molecule has 18 nitrogen and oxygen atoms in total. The van der Waals surface area contributed by atoms with E-state index in [0.717, 1.165) is 11.1 Å². The van der Waals surface area contributed by atoms with Crippen LogP contribution in [0.3, 0.4) is 0 Å². The monoisotopic (exact) mass is 1130 g/mol. The van der Waals surface area contributed by atoms with Crippen LogP contribution in [0.25, 0.3) is 0 Å². The average molecular weight is 1130 g/mol. The van der Waals surface area contributed by atoms with Gasteiger partial charge < -0.3 is 37.0 Å². The Hall–Kier alpha value is -6.92. The van der Waals surface area contributed by atoms with Crippen molar-refractivity contribution in [2.75, 3.05) is 28.4 Å². The maximum absolute atomic E-state index is 15.6. The fourth-order valence-corrected chi connectivity index (χ4v) is 16.5. The van der Waals surface area contributed by atoms with E-state index in [4.69, 9.17) is 37.0 Å². The smallest absolute Gasteiger partial charge is 0.400 e. The standard InChI is InChI=1S/C55H58N2O16P2S2/c1-37-9-21-45(22-10-37)76(62,63)56(74(70-47-25-13-39(33-58)29-51(47)66-5)71-48-26-14-40(34-59)30-52(48)67-6)44-19-17-43(18-20-44)55(3,4)57(77(64,65)46-23-11-38(2)12-24-46)75(72-49-27-15-41(35-60)31-53(49)68-7)73-50-28-16-42(36-61)32-54(50)69-8/h9-16,21-36,43-44H,17-20H2,1-8H3. The summed E-state index contributed by atoms with van der Waals surface area (Å²) in [6.07, 6.45) is 3.19. The Morgan fingerprint density at radius 2 is 0.753 bits per heavy atom. The first-order valence-corrected chi connectivity index (χ1v) is 29.1. The predicted molar refractivity (Wildman–Crippen MR) is 290 cm³/mol. The summed E-state index contributed by atoms with van der Waals surface area (Å²) in [5, 5.41) is 0. The van der Waals surface area contributed by atoms with Crippen molar-refractivity contribution in [3.63, 3.8) is 0 Å². The van der Waals surface area contributed by atoms with Gasteiger partial charge in [0.05, 0.1) is 38.2 Å². The van der Waals surface area contributed by atoms with Crippen molar-refractivity contribution in [2.24, 2.45) is 5.92 Å². The fourth-order valence-electron chi connectivity index (χ4n) is 8.67. The van der Waals surface area contributed by atoms with Crippen LogP contribution in [0, 0.1) is 19.8 Å². The summed E-state index contributed by atoms with van der Waals surface area (Å²) in [7, 11) is -9.32. The van der Waals surface area contributed by atoms with Crippen LogP contribution >= 0.6 is 17.1 Å². The Morgan fingerprint density at radius 3 is 1.06 bits per heavy atom. The molecule has 1 aliphatic rings. The predicted octanol–water partition coefficient (Wildman–Crippen LogP) is 11.4. The van der Waals surface area contributed by atoms with Crippen LogP contribution in [0.1, 0.15) is 92.1 Å². The minimum Gasteiger partial charge on any atom is -0.493 e. The summed E-state index contributed by atoms with van der Waals surface area (Å²) in [5.74, 6) is 0.0520. The number of sulfonamides is 2. The molecule has 1 saturated carbocycles. The summed E-state index contributed by atoms with van der Waals surface area (Å²) in [5.41, 5.74) is 1.22. The summed E-state index contributed by atoms with van der Waals surface area (Å²) < 4.78 is 114. The molecule has 77 heavy (non-hydrogen) atoms. The molecule has 0 atom stereocenters. The lowest BCUT2D eigenvalue weighted by molar-refractivity contribution is 0.111. The molecule has 0 bridgehead atoms. The molecule has 0 radical (unpaired) electrons. The molecule has 406 valence electrons. The molecule has 0 unspecified atom stereocenters. The number of nitrogens with zero attached hydrogens (tertiary/aromatic N) is 2. The molecule has 0 aliphatic heterocycles. The van der Waals surface area contributed by atoms with Crippen LogP contribution in [0.4, 0.5) is 0 Å². The third-order valence-electron chi connectivity index (χ3n) is 12.9. The van der Waals surface area contributed by atoms with Crippen LogP contribution in [-0.2, 0) is 20.0 Å². The second kappa shape index (κ2) is 25.0. The number of carbonyl (C=O) groups is 4. The first-order chi connectivity index (χ1) is 36.8. The molecule has 22 heteroatoms. The van der Waals surface area contributed by atoms with Gasteiger partial charge in [0.25, 0.3) is 20.0 Å². The van der Waals surface area contributed by atoms with Crippen molar-refractivity contribution in [2.45, 2.75) is 74.7 Å². The lowest BCUT2D eigenvalue weighted by Gasteiger charge is -2.47. The second-order valence-electron chi connectivity index (χ2n) is 18.3. The largest absolute Gasteiger partial charge is 0.493 e. The van der Waals surface area contributed by atoms with Crippen LogP contribution < -0.4 is 37.0 Å². The van der Waals surface area contributed by atoms with Crippen molar-refractivity contribution < 1.29 is 73.1 Å². The van der Waals surface area contributed by atoms with Crippen LogP contribution in [0.2, 0.25) is 0 Å². The minimum atomic E-state index is -4.62. The Labute approximate surface area is 451 Å². The van der Waals surface area contributed by atoms with Crippen LogP contribution in [-0.4, -0.2) is 90.2 Å². The molecule has 6 aromatic carbocycles. The lowest BCUT2D eigenvalue weighted by Crippen LogP contribution is -2.52. The normalized spacial score (nSPS) is 14.9. The summed E-state index contributed by atoms with van der Waals surface area (Å²) in [6.45, 7) is 7.14. The number of methoxy groups -OCH3 is 4. The molecule has 0 amide bonds. The van der Waals surface area contributed by atoms with Gasteiger partial charge in [0.15, 0.2) is 46.0 Å².